The number of aliphatic hydroxyl groups is 1. The second-order valence-corrected chi connectivity index (χ2v) is 10.0. The number of ether oxygens (including phenoxy) is 1. The van der Waals surface area contributed by atoms with Gasteiger partial charge >= 0.3 is 0 Å². The van der Waals surface area contributed by atoms with E-state index in [-0.39, 0.29) is 18.1 Å². The number of hydrogen-bond donors (Lipinski definition) is 2. The van der Waals surface area contributed by atoms with Crippen LogP contribution >= 0.6 is 11.9 Å². The number of aryl methyl sites for hydroxylation is 1. The van der Waals surface area contributed by atoms with Crippen molar-refractivity contribution in [2.75, 3.05) is 26.3 Å². The van der Waals surface area contributed by atoms with Crippen LogP contribution in [0.15, 0.2) is 27.9 Å². The molecule has 4 rings (SSSR count). The second-order valence-electron chi connectivity index (χ2n) is 8.87. The molecule has 2 N–H and O–H groups in total. The van der Waals surface area contributed by atoms with E-state index in [4.69, 9.17) is 14.8 Å². The summed E-state index contributed by atoms with van der Waals surface area (Å²) < 4.78 is 9.97. The Hall–Kier alpha value is -2.36. The van der Waals surface area contributed by atoms with Gasteiger partial charge in [0.2, 0.25) is 0 Å². The van der Waals surface area contributed by atoms with Gasteiger partial charge in [-0.2, -0.15) is 0 Å². The van der Waals surface area contributed by atoms with Gasteiger partial charge in [-0.15, -0.1) is 5.10 Å². The number of rotatable bonds is 9. The van der Waals surface area contributed by atoms with E-state index >= 15 is 0 Å². The van der Waals surface area contributed by atoms with E-state index in [2.05, 4.69) is 23.1 Å². The zero-order chi connectivity index (χ0) is 24.2. The molecule has 3 aromatic rings. The predicted octanol–water partition coefficient (Wildman–Crippen LogP) is 4.41. The highest BCUT2D eigenvalue weighted by molar-refractivity contribution is 7.97. The molecule has 1 aliphatic heterocycles. The van der Waals surface area contributed by atoms with E-state index in [1.165, 1.54) is 0 Å². The van der Waals surface area contributed by atoms with Gasteiger partial charge in [-0.3, -0.25) is 4.79 Å². The summed E-state index contributed by atoms with van der Waals surface area (Å²) in [7, 11) is 0. The third-order valence-corrected chi connectivity index (χ3v) is 7.71. The van der Waals surface area contributed by atoms with Gasteiger partial charge in [0.1, 0.15) is 11.6 Å². The molecule has 0 bridgehead atoms. The Morgan fingerprint density at radius 1 is 1.24 bits per heavy atom. The standard InChI is InChI=1S/C25H35N5O3S/c1-5-18(6-2)24-26-16(4)22-25(32)27-23(28-30(22)24)20-14-19(8-9-21(20)33-7-3)34-29-12-10-17(15-31)11-13-29/h8-9,14,17-18,31H,5-7,10-13,15H2,1-4H3,(H,27,28,32). The molecule has 0 spiro atoms. The third kappa shape index (κ3) is 5.01. The molecule has 184 valence electrons. The summed E-state index contributed by atoms with van der Waals surface area (Å²) in [6.07, 6.45) is 3.86. The van der Waals surface area contributed by atoms with Crippen LogP contribution < -0.4 is 10.3 Å². The van der Waals surface area contributed by atoms with Crippen molar-refractivity contribution in [1.82, 2.24) is 23.9 Å². The number of nitrogens with one attached hydrogen (secondary N) is 1. The van der Waals surface area contributed by atoms with Crippen LogP contribution in [-0.4, -0.2) is 55.3 Å². The molecule has 0 amide bonds. The minimum Gasteiger partial charge on any atom is -0.493 e. The first-order valence-electron chi connectivity index (χ1n) is 12.3. The predicted molar refractivity (Wildman–Crippen MR) is 136 cm³/mol. The number of H-pyrrole nitrogens is 1. The SMILES string of the molecule is CCOc1ccc(SN2CCC(CO)CC2)cc1-c1nn2c(C(CC)CC)nc(C)c2c(=O)[nH]1. The molecule has 1 fully saturated rings. The lowest BCUT2D eigenvalue weighted by atomic mass is 10.00. The molecule has 34 heavy (non-hydrogen) atoms. The molecule has 0 unspecified atom stereocenters. The van der Waals surface area contributed by atoms with Gasteiger partial charge in [0.15, 0.2) is 11.3 Å². The van der Waals surface area contributed by atoms with Crippen LogP contribution in [0.5, 0.6) is 5.75 Å². The van der Waals surface area contributed by atoms with Gasteiger partial charge in [0.25, 0.3) is 5.56 Å². The van der Waals surface area contributed by atoms with E-state index in [9.17, 15) is 9.90 Å². The Morgan fingerprint density at radius 3 is 2.62 bits per heavy atom. The normalized spacial score (nSPS) is 15.5. The monoisotopic (exact) mass is 485 g/mol. The second kappa shape index (κ2) is 10.9. The number of nitrogens with zero attached hydrogens (tertiary/aromatic N) is 4. The number of aromatic nitrogens is 4. The molecule has 0 radical (unpaired) electrons. The molecule has 3 heterocycles. The largest absolute Gasteiger partial charge is 0.493 e. The molecule has 0 atom stereocenters. The Kier molecular flexibility index (Phi) is 7.95. The maximum atomic E-state index is 13.1. The van der Waals surface area contributed by atoms with Crippen molar-refractivity contribution in [2.24, 2.45) is 5.92 Å². The molecule has 9 heteroatoms. The first kappa shape index (κ1) is 24.8. The van der Waals surface area contributed by atoms with E-state index in [0.717, 1.165) is 55.1 Å². The van der Waals surface area contributed by atoms with Crippen molar-refractivity contribution in [3.05, 3.63) is 40.1 Å². The third-order valence-electron chi connectivity index (χ3n) is 6.62. The smallest absolute Gasteiger partial charge is 0.277 e. The zero-order valence-electron chi connectivity index (χ0n) is 20.5. The van der Waals surface area contributed by atoms with E-state index < -0.39 is 0 Å². The fourth-order valence-electron chi connectivity index (χ4n) is 4.60. The first-order chi connectivity index (χ1) is 16.5. The number of hydrogen-bond acceptors (Lipinski definition) is 7. The molecular weight excluding hydrogens is 450 g/mol. The average molecular weight is 486 g/mol. The van der Waals surface area contributed by atoms with E-state index in [0.29, 0.717) is 35.3 Å². The summed E-state index contributed by atoms with van der Waals surface area (Å²) in [5, 5.41) is 14.3. The fourth-order valence-corrected chi connectivity index (χ4v) is 5.59. The number of aromatic amines is 1. The molecule has 0 aliphatic carbocycles. The minimum atomic E-state index is -0.196. The van der Waals surface area contributed by atoms with Gasteiger partial charge in [0, 0.05) is 30.5 Å². The van der Waals surface area contributed by atoms with Crippen LogP contribution in [0.1, 0.15) is 63.9 Å². The van der Waals surface area contributed by atoms with Crippen molar-refractivity contribution in [1.29, 1.82) is 0 Å². The highest BCUT2D eigenvalue weighted by atomic mass is 32.2. The van der Waals surface area contributed by atoms with Crippen molar-refractivity contribution in [3.8, 4) is 17.1 Å². The summed E-state index contributed by atoms with van der Waals surface area (Å²) in [5.74, 6) is 2.64. The number of aliphatic hydroxyl groups excluding tert-OH is 1. The number of piperidine rings is 1. The van der Waals surface area contributed by atoms with E-state index in [1.54, 1.807) is 16.5 Å². The van der Waals surface area contributed by atoms with Crippen LogP contribution in [0, 0.1) is 12.8 Å². The van der Waals surface area contributed by atoms with Gasteiger partial charge in [-0.25, -0.2) is 13.8 Å². The van der Waals surface area contributed by atoms with Crippen LogP contribution in [0.3, 0.4) is 0 Å². The number of benzene rings is 1. The Balaban J connectivity index is 1.74. The average Bonchev–Trinajstić information content (AvgIpc) is 3.18. The molecule has 0 saturated carbocycles. The first-order valence-corrected chi connectivity index (χ1v) is 13.1. The van der Waals surface area contributed by atoms with Gasteiger partial charge in [-0.05, 0) is 75.6 Å². The molecular formula is C25H35N5O3S. The quantitative estimate of drug-likeness (QED) is 0.434. The lowest BCUT2D eigenvalue weighted by Crippen LogP contribution is -2.29. The maximum absolute atomic E-state index is 13.1. The molecule has 1 aliphatic rings. The topological polar surface area (TPSA) is 95.8 Å². The number of fused-ring (bicyclic) bond motifs is 1. The molecule has 1 aromatic carbocycles. The number of imidazole rings is 1. The summed E-state index contributed by atoms with van der Waals surface area (Å²) in [5.41, 5.74) is 1.76. The summed E-state index contributed by atoms with van der Waals surface area (Å²) in [6.45, 7) is 10.7. The summed E-state index contributed by atoms with van der Waals surface area (Å²) in [6, 6.07) is 6.04. The molecule has 1 saturated heterocycles. The minimum absolute atomic E-state index is 0.196. The maximum Gasteiger partial charge on any atom is 0.277 e. The lowest BCUT2D eigenvalue weighted by molar-refractivity contribution is 0.174. The Labute approximate surface area is 204 Å². The van der Waals surface area contributed by atoms with Crippen molar-refractivity contribution >= 4 is 17.5 Å². The lowest BCUT2D eigenvalue weighted by Gasteiger charge is -2.30. The van der Waals surface area contributed by atoms with Gasteiger partial charge in [0.05, 0.1) is 17.9 Å². The van der Waals surface area contributed by atoms with Crippen LogP contribution in [0.25, 0.3) is 16.9 Å². The van der Waals surface area contributed by atoms with Crippen molar-refractivity contribution < 1.29 is 9.84 Å². The molecule has 8 nitrogen and oxygen atoms in total. The fraction of sp³-hybridized carbons (Fsp3) is 0.560. The van der Waals surface area contributed by atoms with Crippen molar-refractivity contribution in [2.45, 2.75) is 64.2 Å². The zero-order valence-corrected chi connectivity index (χ0v) is 21.3. The highest BCUT2D eigenvalue weighted by Crippen LogP contribution is 2.35. The van der Waals surface area contributed by atoms with Crippen molar-refractivity contribution in [3.63, 3.8) is 0 Å². The summed E-state index contributed by atoms with van der Waals surface area (Å²) in [4.78, 5) is 21.9. The highest BCUT2D eigenvalue weighted by Gasteiger charge is 2.22. The Morgan fingerprint density at radius 2 is 1.97 bits per heavy atom. The van der Waals surface area contributed by atoms with E-state index in [1.807, 2.05) is 32.0 Å². The Bertz CT molecular complexity index is 1180. The van der Waals surface area contributed by atoms with Crippen LogP contribution in [-0.2, 0) is 0 Å². The molecule has 2 aromatic heterocycles. The van der Waals surface area contributed by atoms with Crippen LogP contribution in [0.4, 0.5) is 0 Å². The van der Waals surface area contributed by atoms with Crippen LogP contribution in [0.2, 0.25) is 0 Å². The van der Waals surface area contributed by atoms with Gasteiger partial charge < -0.3 is 14.8 Å². The van der Waals surface area contributed by atoms with Gasteiger partial charge in [-0.1, -0.05) is 13.8 Å². The summed E-state index contributed by atoms with van der Waals surface area (Å²) >= 11 is 1.70.